The molecular weight excluding hydrogens is 360 g/mol. The van der Waals surface area contributed by atoms with E-state index in [-0.39, 0.29) is 5.91 Å². The van der Waals surface area contributed by atoms with Gasteiger partial charge in [0, 0.05) is 37.1 Å². The Bertz CT molecular complexity index is 894. The van der Waals surface area contributed by atoms with Gasteiger partial charge in [0.05, 0.1) is 17.8 Å². The molecule has 0 bridgehead atoms. The van der Waals surface area contributed by atoms with Gasteiger partial charge in [-0.2, -0.15) is 0 Å². The van der Waals surface area contributed by atoms with Crippen LogP contribution in [0.5, 0.6) is 0 Å². The number of amides is 1. The van der Waals surface area contributed by atoms with Gasteiger partial charge in [0.1, 0.15) is 10.7 Å². The third kappa shape index (κ3) is 4.11. The van der Waals surface area contributed by atoms with Crippen LogP contribution in [0, 0.1) is 0 Å². The lowest BCUT2D eigenvalue weighted by molar-refractivity contribution is 0.0951. The molecule has 0 unspecified atom stereocenters. The minimum absolute atomic E-state index is 0.226. The second kappa shape index (κ2) is 8.22. The fraction of sp³-hybridized carbons (Fsp3) is 0.316. The quantitative estimate of drug-likeness (QED) is 0.733. The number of carbonyl (C=O) groups is 1. The normalized spacial score (nSPS) is 14.1. The van der Waals surface area contributed by atoms with Crippen molar-refractivity contribution in [1.29, 1.82) is 0 Å². The van der Waals surface area contributed by atoms with Gasteiger partial charge >= 0.3 is 0 Å². The summed E-state index contributed by atoms with van der Waals surface area (Å²) in [7, 11) is 0. The van der Waals surface area contributed by atoms with E-state index in [4.69, 9.17) is 4.98 Å². The van der Waals surface area contributed by atoms with Crippen molar-refractivity contribution in [3.63, 3.8) is 0 Å². The number of carbonyl (C=O) groups excluding carboxylic acids is 1. The van der Waals surface area contributed by atoms with E-state index in [2.05, 4.69) is 25.2 Å². The molecule has 0 atom stereocenters. The van der Waals surface area contributed by atoms with Gasteiger partial charge in [-0.1, -0.05) is 6.07 Å². The van der Waals surface area contributed by atoms with Gasteiger partial charge in [0.15, 0.2) is 0 Å². The molecule has 138 valence electrons. The number of aromatic nitrogens is 4. The number of hydrogen-bond acceptors (Lipinski definition) is 7. The first kappa shape index (κ1) is 17.5. The van der Waals surface area contributed by atoms with Crippen molar-refractivity contribution in [3.8, 4) is 11.4 Å². The Labute approximate surface area is 161 Å². The topological polar surface area (TPSA) is 83.9 Å². The van der Waals surface area contributed by atoms with E-state index in [1.54, 1.807) is 18.6 Å². The number of pyridine rings is 1. The molecule has 1 saturated heterocycles. The zero-order valence-corrected chi connectivity index (χ0v) is 15.7. The minimum Gasteiger partial charge on any atom is -0.345 e. The average molecular weight is 380 g/mol. The van der Waals surface area contributed by atoms with Gasteiger partial charge in [-0.25, -0.2) is 15.0 Å². The average Bonchev–Trinajstić information content (AvgIpc) is 3.26. The molecule has 0 aromatic carbocycles. The van der Waals surface area contributed by atoms with E-state index >= 15 is 0 Å². The molecular formula is C19H20N6OS. The molecule has 4 rings (SSSR count). The number of thiazole rings is 1. The Morgan fingerprint density at radius 2 is 2.00 bits per heavy atom. The highest BCUT2D eigenvalue weighted by molar-refractivity contribution is 7.09. The molecule has 8 heteroatoms. The molecule has 1 amide bonds. The molecule has 1 aliphatic rings. The number of piperidine rings is 1. The first-order chi connectivity index (χ1) is 13.3. The number of nitrogens with zero attached hydrogens (tertiary/aromatic N) is 5. The van der Waals surface area contributed by atoms with Gasteiger partial charge in [0.2, 0.25) is 5.95 Å². The summed E-state index contributed by atoms with van der Waals surface area (Å²) in [5.41, 5.74) is 1.64. The second-order valence-electron chi connectivity index (χ2n) is 6.30. The molecule has 0 saturated carbocycles. The first-order valence-electron chi connectivity index (χ1n) is 9.01. The van der Waals surface area contributed by atoms with Crippen LogP contribution in [-0.2, 0) is 6.54 Å². The SMILES string of the molecule is O=C(NCc1nccs1)c1cnc(N2CCCCC2)nc1-c1ccccn1. The molecule has 0 spiro atoms. The number of nitrogens with one attached hydrogen (secondary N) is 1. The summed E-state index contributed by atoms with van der Waals surface area (Å²) in [6.07, 6.45) is 8.55. The van der Waals surface area contributed by atoms with E-state index in [1.807, 2.05) is 23.6 Å². The van der Waals surface area contributed by atoms with Crippen LogP contribution in [0.2, 0.25) is 0 Å². The summed E-state index contributed by atoms with van der Waals surface area (Å²) in [5, 5.41) is 5.64. The smallest absolute Gasteiger partial charge is 0.255 e. The summed E-state index contributed by atoms with van der Waals surface area (Å²) in [6.45, 7) is 2.26. The molecule has 7 nitrogen and oxygen atoms in total. The van der Waals surface area contributed by atoms with Gasteiger partial charge in [-0.15, -0.1) is 11.3 Å². The molecule has 27 heavy (non-hydrogen) atoms. The molecule has 3 aromatic rings. The predicted octanol–water partition coefficient (Wildman–Crippen LogP) is 2.92. The van der Waals surface area contributed by atoms with E-state index in [9.17, 15) is 4.79 Å². The van der Waals surface area contributed by atoms with Crippen LogP contribution in [0.25, 0.3) is 11.4 Å². The lowest BCUT2D eigenvalue weighted by Crippen LogP contribution is -2.31. The molecule has 0 aliphatic carbocycles. The maximum atomic E-state index is 12.8. The van der Waals surface area contributed by atoms with Crippen LogP contribution < -0.4 is 10.2 Å². The minimum atomic E-state index is -0.226. The third-order valence-electron chi connectivity index (χ3n) is 4.45. The van der Waals surface area contributed by atoms with Crippen molar-refractivity contribution < 1.29 is 4.79 Å². The monoisotopic (exact) mass is 380 g/mol. The summed E-state index contributed by atoms with van der Waals surface area (Å²) in [5.74, 6) is 0.433. The van der Waals surface area contributed by atoms with Crippen LogP contribution in [0.3, 0.4) is 0 Å². The second-order valence-corrected chi connectivity index (χ2v) is 7.28. The van der Waals surface area contributed by atoms with E-state index in [0.29, 0.717) is 29.4 Å². The summed E-state index contributed by atoms with van der Waals surface area (Å²) < 4.78 is 0. The Hall–Kier alpha value is -2.87. The van der Waals surface area contributed by atoms with Crippen LogP contribution in [0.4, 0.5) is 5.95 Å². The molecule has 4 heterocycles. The van der Waals surface area contributed by atoms with Crippen LogP contribution in [0.15, 0.2) is 42.2 Å². The van der Waals surface area contributed by atoms with Crippen molar-refractivity contribution in [3.05, 3.63) is 52.7 Å². The van der Waals surface area contributed by atoms with Gasteiger partial charge in [-0.05, 0) is 31.4 Å². The largest absolute Gasteiger partial charge is 0.345 e. The van der Waals surface area contributed by atoms with Crippen molar-refractivity contribution in [2.24, 2.45) is 0 Å². The van der Waals surface area contributed by atoms with Crippen LogP contribution in [-0.4, -0.2) is 38.9 Å². The third-order valence-corrected chi connectivity index (χ3v) is 5.23. The van der Waals surface area contributed by atoms with Gasteiger partial charge in [-0.3, -0.25) is 9.78 Å². The number of anilines is 1. The molecule has 0 radical (unpaired) electrons. The highest BCUT2D eigenvalue weighted by Gasteiger charge is 2.20. The molecule has 1 fully saturated rings. The van der Waals surface area contributed by atoms with Crippen LogP contribution >= 0.6 is 11.3 Å². The van der Waals surface area contributed by atoms with Crippen LogP contribution in [0.1, 0.15) is 34.6 Å². The molecule has 3 aromatic heterocycles. The zero-order chi connectivity index (χ0) is 18.5. The summed E-state index contributed by atoms with van der Waals surface area (Å²) in [6, 6.07) is 5.60. The molecule has 1 aliphatic heterocycles. The van der Waals surface area contributed by atoms with E-state index < -0.39 is 0 Å². The number of hydrogen-bond donors (Lipinski definition) is 1. The van der Waals surface area contributed by atoms with Crippen molar-refractivity contribution in [1.82, 2.24) is 25.3 Å². The number of rotatable bonds is 5. The Morgan fingerprint density at radius 1 is 1.11 bits per heavy atom. The fourth-order valence-electron chi connectivity index (χ4n) is 3.07. The Balaban J connectivity index is 1.64. The van der Waals surface area contributed by atoms with Crippen molar-refractivity contribution in [2.75, 3.05) is 18.0 Å². The van der Waals surface area contributed by atoms with E-state index in [1.165, 1.54) is 17.8 Å². The van der Waals surface area contributed by atoms with Crippen molar-refractivity contribution >= 4 is 23.2 Å². The lowest BCUT2D eigenvalue weighted by atomic mass is 10.1. The van der Waals surface area contributed by atoms with Gasteiger partial charge < -0.3 is 10.2 Å². The standard InChI is InChI=1S/C19H20N6OS/c26-18(22-13-16-21-8-11-27-16)14-12-23-19(25-9-4-1-5-10-25)24-17(14)15-6-2-3-7-20-15/h2-3,6-8,11-12H,1,4-5,9-10,13H2,(H,22,26). The maximum Gasteiger partial charge on any atom is 0.255 e. The highest BCUT2D eigenvalue weighted by Crippen LogP contribution is 2.23. The summed E-state index contributed by atoms with van der Waals surface area (Å²) >= 11 is 1.51. The highest BCUT2D eigenvalue weighted by atomic mass is 32.1. The van der Waals surface area contributed by atoms with Gasteiger partial charge in [0.25, 0.3) is 5.91 Å². The lowest BCUT2D eigenvalue weighted by Gasteiger charge is -2.27. The summed E-state index contributed by atoms with van der Waals surface area (Å²) in [4.78, 5) is 32.7. The maximum absolute atomic E-state index is 12.8. The zero-order valence-electron chi connectivity index (χ0n) is 14.8. The van der Waals surface area contributed by atoms with Crippen molar-refractivity contribution in [2.45, 2.75) is 25.8 Å². The Kier molecular flexibility index (Phi) is 5.34. The Morgan fingerprint density at radius 3 is 2.74 bits per heavy atom. The van der Waals surface area contributed by atoms with E-state index in [0.717, 1.165) is 30.9 Å². The first-order valence-corrected chi connectivity index (χ1v) is 9.89. The fourth-order valence-corrected chi connectivity index (χ4v) is 3.63. The predicted molar refractivity (Wildman–Crippen MR) is 105 cm³/mol. The molecule has 1 N–H and O–H groups in total.